The van der Waals surface area contributed by atoms with Crippen molar-refractivity contribution < 1.29 is 4.74 Å². The summed E-state index contributed by atoms with van der Waals surface area (Å²) in [4.78, 5) is 0. The minimum atomic E-state index is -0.205. The number of hydrogen-bond donors (Lipinski definition) is 1. The van der Waals surface area contributed by atoms with Gasteiger partial charge in [-0.3, -0.25) is 0 Å². The van der Waals surface area contributed by atoms with Crippen molar-refractivity contribution in [3.05, 3.63) is 0 Å². The Morgan fingerprint density at radius 1 is 1.86 bits per heavy atom. The summed E-state index contributed by atoms with van der Waals surface area (Å²) >= 11 is 5.38. The molecular weight excluding hydrogens is 114 g/mol. The maximum atomic E-state index is 5.38. The Balaban J connectivity index is 2.68. The Morgan fingerprint density at radius 3 is 2.57 bits per heavy atom. The summed E-state index contributed by atoms with van der Waals surface area (Å²) in [6.45, 7) is 2.85. The van der Waals surface area contributed by atoms with Crippen molar-refractivity contribution >= 4 is 11.6 Å². The van der Waals surface area contributed by atoms with E-state index >= 15 is 0 Å². The molecular formula is C4H10ClNO. The zero-order chi connectivity index (χ0) is 5.70. The average molecular weight is 124 g/mol. The topological polar surface area (TPSA) is 35.2 Å². The smallest absolute Gasteiger partial charge is 0.128 e. The molecule has 0 aliphatic carbocycles. The summed E-state index contributed by atoms with van der Waals surface area (Å²) in [5.74, 6) is 0. The Morgan fingerprint density at radius 2 is 2.43 bits per heavy atom. The van der Waals surface area contributed by atoms with Crippen LogP contribution in [0.2, 0.25) is 0 Å². The molecule has 0 aromatic rings. The summed E-state index contributed by atoms with van der Waals surface area (Å²) in [6.07, 6.45) is 0. The van der Waals surface area contributed by atoms with E-state index in [4.69, 9.17) is 22.1 Å². The molecule has 7 heavy (non-hydrogen) atoms. The lowest BCUT2D eigenvalue weighted by Gasteiger charge is -2.00. The SMILES string of the molecule is CC(Cl)OCCN. The highest BCUT2D eigenvalue weighted by Gasteiger charge is 1.89. The third kappa shape index (κ3) is 6.21. The molecule has 0 saturated heterocycles. The van der Waals surface area contributed by atoms with Crippen LogP contribution in [0.3, 0.4) is 0 Å². The molecule has 0 heterocycles. The summed E-state index contributed by atoms with van der Waals surface area (Å²) in [5, 5.41) is 0. The van der Waals surface area contributed by atoms with E-state index in [0.717, 1.165) is 0 Å². The number of alkyl halides is 1. The maximum Gasteiger partial charge on any atom is 0.128 e. The van der Waals surface area contributed by atoms with Gasteiger partial charge in [-0.05, 0) is 6.92 Å². The number of hydrogen-bond acceptors (Lipinski definition) is 2. The van der Waals surface area contributed by atoms with Crippen LogP contribution >= 0.6 is 11.6 Å². The van der Waals surface area contributed by atoms with Gasteiger partial charge in [-0.25, -0.2) is 0 Å². The van der Waals surface area contributed by atoms with Gasteiger partial charge in [0.05, 0.1) is 6.61 Å². The molecule has 0 aliphatic heterocycles. The molecule has 2 nitrogen and oxygen atoms in total. The number of rotatable bonds is 3. The van der Waals surface area contributed by atoms with Crippen molar-refractivity contribution in [2.45, 2.75) is 12.5 Å². The van der Waals surface area contributed by atoms with Crippen LogP contribution in [0.25, 0.3) is 0 Å². The monoisotopic (exact) mass is 123 g/mol. The highest BCUT2D eigenvalue weighted by molar-refractivity contribution is 6.19. The fourth-order valence-electron chi connectivity index (χ4n) is 0.230. The second-order valence-electron chi connectivity index (χ2n) is 1.20. The molecule has 0 spiro atoms. The zero-order valence-corrected chi connectivity index (χ0v) is 5.11. The van der Waals surface area contributed by atoms with E-state index < -0.39 is 0 Å². The predicted molar refractivity (Wildman–Crippen MR) is 30.3 cm³/mol. The van der Waals surface area contributed by atoms with E-state index in [9.17, 15) is 0 Å². The van der Waals surface area contributed by atoms with Crippen LogP contribution in [0.5, 0.6) is 0 Å². The lowest BCUT2D eigenvalue weighted by Crippen LogP contribution is -2.11. The molecule has 0 fully saturated rings. The van der Waals surface area contributed by atoms with Gasteiger partial charge in [0.2, 0.25) is 0 Å². The maximum absolute atomic E-state index is 5.38. The van der Waals surface area contributed by atoms with E-state index in [1.807, 2.05) is 0 Å². The predicted octanol–water partition coefficient (Wildman–Crippen LogP) is 0.547. The third-order valence-electron chi connectivity index (χ3n) is 0.465. The lowest BCUT2D eigenvalue weighted by atomic mass is 10.7. The summed E-state index contributed by atoms with van der Waals surface area (Å²) in [7, 11) is 0. The highest BCUT2D eigenvalue weighted by Crippen LogP contribution is 1.92. The zero-order valence-electron chi connectivity index (χ0n) is 4.36. The molecule has 2 N–H and O–H groups in total. The van der Waals surface area contributed by atoms with Crippen molar-refractivity contribution in [1.82, 2.24) is 0 Å². The molecule has 0 aromatic heterocycles. The summed E-state index contributed by atoms with van der Waals surface area (Å²) < 4.78 is 4.83. The Labute approximate surface area is 48.6 Å². The largest absolute Gasteiger partial charge is 0.361 e. The number of nitrogens with two attached hydrogens (primary N) is 1. The fourth-order valence-corrected chi connectivity index (χ4v) is 0.320. The standard InChI is InChI=1S/C4H10ClNO/c1-4(5)7-3-2-6/h4H,2-3,6H2,1H3. The van der Waals surface area contributed by atoms with Crippen LogP contribution < -0.4 is 5.73 Å². The van der Waals surface area contributed by atoms with E-state index in [2.05, 4.69) is 0 Å². The van der Waals surface area contributed by atoms with Crippen LogP contribution in [0.4, 0.5) is 0 Å². The summed E-state index contributed by atoms with van der Waals surface area (Å²) in [5.41, 5.74) is 4.89. The second kappa shape index (κ2) is 4.37. The fraction of sp³-hybridized carbons (Fsp3) is 1.00. The molecule has 0 radical (unpaired) electrons. The van der Waals surface area contributed by atoms with Crippen LogP contribution in [-0.2, 0) is 4.74 Å². The van der Waals surface area contributed by atoms with Gasteiger partial charge in [0.25, 0.3) is 0 Å². The molecule has 44 valence electrons. The van der Waals surface area contributed by atoms with E-state index in [-0.39, 0.29) is 5.56 Å². The molecule has 0 saturated carbocycles. The first-order valence-corrected chi connectivity index (χ1v) is 2.66. The first kappa shape index (κ1) is 7.21. The Bertz CT molecular complexity index is 40.7. The number of ether oxygens (including phenoxy) is 1. The molecule has 0 aliphatic rings. The van der Waals surface area contributed by atoms with E-state index in [0.29, 0.717) is 13.2 Å². The van der Waals surface area contributed by atoms with Crippen molar-refractivity contribution in [2.24, 2.45) is 5.73 Å². The Hall–Kier alpha value is 0.210. The lowest BCUT2D eigenvalue weighted by molar-refractivity contribution is 0.126. The highest BCUT2D eigenvalue weighted by atomic mass is 35.5. The normalized spacial score (nSPS) is 14.1. The van der Waals surface area contributed by atoms with Crippen LogP contribution in [0, 0.1) is 0 Å². The van der Waals surface area contributed by atoms with Gasteiger partial charge in [0.15, 0.2) is 0 Å². The molecule has 0 amide bonds. The van der Waals surface area contributed by atoms with Gasteiger partial charge in [0, 0.05) is 6.54 Å². The van der Waals surface area contributed by atoms with Crippen LogP contribution in [-0.4, -0.2) is 18.7 Å². The van der Waals surface area contributed by atoms with Gasteiger partial charge in [-0.1, -0.05) is 11.6 Å². The van der Waals surface area contributed by atoms with Crippen molar-refractivity contribution in [3.8, 4) is 0 Å². The quantitative estimate of drug-likeness (QED) is 0.557. The molecule has 0 aromatic carbocycles. The average Bonchev–Trinajstić information content (AvgIpc) is 1.61. The molecule has 0 bridgehead atoms. The van der Waals surface area contributed by atoms with Crippen LogP contribution in [0.1, 0.15) is 6.92 Å². The van der Waals surface area contributed by atoms with Crippen molar-refractivity contribution in [3.63, 3.8) is 0 Å². The van der Waals surface area contributed by atoms with E-state index in [1.54, 1.807) is 6.92 Å². The molecule has 3 heteroatoms. The van der Waals surface area contributed by atoms with Crippen molar-refractivity contribution in [1.29, 1.82) is 0 Å². The third-order valence-corrected chi connectivity index (χ3v) is 0.591. The summed E-state index contributed by atoms with van der Waals surface area (Å²) in [6, 6.07) is 0. The minimum Gasteiger partial charge on any atom is -0.361 e. The molecule has 1 atom stereocenters. The first-order valence-electron chi connectivity index (χ1n) is 2.23. The van der Waals surface area contributed by atoms with Gasteiger partial charge < -0.3 is 10.5 Å². The van der Waals surface area contributed by atoms with Crippen molar-refractivity contribution in [2.75, 3.05) is 13.2 Å². The van der Waals surface area contributed by atoms with Gasteiger partial charge in [-0.15, -0.1) is 0 Å². The van der Waals surface area contributed by atoms with Crippen LogP contribution in [0.15, 0.2) is 0 Å². The van der Waals surface area contributed by atoms with Gasteiger partial charge >= 0.3 is 0 Å². The van der Waals surface area contributed by atoms with Gasteiger partial charge in [-0.2, -0.15) is 0 Å². The molecule has 1 unspecified atom stereocenters. The minimum absolute atomic E-state index is 0.205. The van der Waals surface area contributed by atoms with Gasteiger partial charge in [0.1, 0.15) is 5.56 Å². The molecule has 0 rings (SSSR count). The Kier molecular flexibility index (Phi) is 4.50. The number of halogens is 1. The van der Waals surface area contributed by atoms with E-state index in [1.165, 1.54) is 0 Å². The second-order valence-corrected chi connectivity index (χ2v) is 1.82. The first-order chi connectivity index (χ1) is 3.27.